The Bertz CT molecular complexity index is 1700. The van der Waals surface area contributed by atoms with Crippen LogP contribution in [0.15, 0.2) is 96.0 Å². The Hall–Kier alpha value is -3.73. The Kier molecular flexibility index (Phi) is 7.31. The average Bonchev–Trinajstić information content (AvgIpc) is 3.63. The van der Waals surface area contributed by atoms with Gasteiger partial charge in [-0.1, -0.05) is 72.5 Å². The average molecular weight is 588 g/mol. The van der Waals surface area contributed by atoms with Crippen LogP contribution in [-0.4, -0.2) is 50.9 Å². The SMILES string of the molecule is O=C1/C(=C\c2cn(-c3ccccc3)nc2-c2ccc(OCc3ccccc3)cc2)SC(=S)N1[C@@H]1CCS(=O)(=O)C1. The second-order valence-electron chi connectivity index (χ2n) is 9.62. The van der Waals surface area contributed by atoms with Crippen molar-refractivity contribution in [3.8, 4) is 22.7 Å². The van der Waals surface area contributed by atoms with Crippen LogP contribution in [0.25, 0.3) is 23.0 Å². The smallest absolute Gasteiger partial charge is 0.266 e. The molecule has 0 radical (unpaired) electrons. The highest BCUT2D eigenvalue weighted by Gasteiger charge is 2.42. The van der Waals surface area contributed by atoms with Crippen molar-refractivity contribution < 1.29 is 17.9 Å². The number of amides is 1. The maximum Gasteiger partial charge on any atom is 0.266 e. The third-order valence-electron chi connectivity index (χ3n) is 6.82. The summed E-state index contributed by atoms with van der Waals surface area (Å²) in [5.74, 6) is 0.499. The van der Waals surface area contributed by atoms with E-state index in [-0.39, 0.29) is 17.4 Å². The van der Waals surface area contributed by atoms with Crippen LogP contribution in [0.2, 0.25) is 0 Å². The van der Waals surface area contributed by atoms with Gasteiger partial charge in [0, 0.05) is 17.3 Å². The molecule has 10 heteroatoms. The summed E-state index contributed by atoms with van der Waals surface area (Å²) in [7, 11) is -3.16. The normalized spacial score (nSPS) is 19.4. The topological polar surface area (TPSA) is 81.5 Å². The maximum atomic E-state index is 13.4. The van der Waals surface area contributed by atoms with Crippen LogP contribution in [0.4, 0.5) is 0 Å². The van der Waals surface area contributed by atoms with Crippen molar-refractivity contribution in [1.29, 1.82) is 0 Å². The Balaban J connectivity index is 1.30. The number of nitrogens with zero attached hydrogens (tertiary/aromatic N) is 3. The largest absolute Gasteiger partial charge is 0.489 e. The lowest BCUT2D eigenvalue weighted by molar-refractivity contribution is -0.123. The van der Waals surface area contributed by atoms with Gasteiger partial charge in [0.15, 0.2) is 9.84 Å². The second-order valence-corrected chi connectivity index (χ2v) is 13.5. The fourth-order valence-electron chi connectivity index (χ4n) is 4.80. The van der Waals surface area contributed by atoms with Crippen molar-refractivity contribution >= 4 is 50.1 Å². The number of hydrogen-bond acceptors (Lipinski definition) is 7. The molecular formula is C30H25N3O4S3. The lowest BCUT2D eigenvalue weighted by atomic mass is 10.1. The first-order valence-corrected chi connectivity index (χ1v) is 15.8. The van der Waals surface area contributed by atoms with Crippen molar-refractivity contribution in [2.75, 3.05) is 11.5 Å². The number of thioether (sulfide) groups is 1. The molecule has 1 atom stereocenters. The minimum atomic E-state index is -3.16. The molecule has 2 aliphatic heterocycles. The predicted molar refractivity (Wildman–Crippen MR) is 162 cm³/mol. The van der Waals surface area contributed by atoms with Crippen LogP contribution in [0, 0.1) is 0 Å². The van der Waals surface area contributed by atoms with E-state index in [1.165, 1.54) is 16.7 Å². The molecule has 1 aromatic heterocycles. The van der Waals surface area contributed by atoms with E-state index in [2.05, 4.69) is 0 Å². The quantitative estimate of drug-likeness (QED) is 0.208. The van der Waals surface area contributed by atoms with Crippen molar-refractivity contribution in [1.82, 2.24) is 14.7 Å². The number of rotatable bonds is 7. The summed E-state index contributed by atoms with van der Waals surface area (Å²) in [6.07, 6.45) is 4.08. The van der Waals surface area contributed by atoms with Gasteiger partial charge >= 0.3 is 0 Å². The number of carbonyl (C=O) groups excluding carboxylic acids is 1. The van der Waals surface area contributed by atoms with E-state index in [0.29, 0.717) is 27.9 Å². The fraction of sp³-hybridized carbons (Fsp3) is 0.167. The molecule has 2 fully saturated rings. The molecule has 1 amide bonds. The molecule has 202 valence electrons. The van der Waals surface area contributed by atoms with Crippen molar-refractivity contribution in [3.05, 3.63) is 107 Å². The Labute approximate surface area is 242 Å². The first kappa shape index (κ1) is 26.5. The van der Waals surface area contributed by atoms with E-state index in [1.54, 1.807) is 10.8 Å². The molecule has 0 saturated carbocycles. The van der Waals surface area contributed by atoms with Gasteiger partial charge in [-0.2, -0.15) is 5.10 Å². The van der Waals surface area contributed by atoms with Gasteiger partial charge in [-0.3, -0.25) is 9.69 Å². The highest BCUT2D eigenvalue weighted by Crippen LogP contribution is 2.38. The van der Waals surface area contributed by atoms with Gasteiger partial charge in [0.05, 0.1) is 33.8 Å². The van der Waals surface area contributed by atoms with Crippen LogP contribution < -0.4 is 4.74 Å². The van der Waals surface area contributed by atoms with E-state index in [1.807, 2.05) is 91.1 Å². The van der Waals surface area contributed by atoms with Crippen LogP contribution >= 0.6 is 24.0 Å². The van der Waals surface area contributed by atoms with Gasteiger partial charge in [0.25, 0.3) is 5.91 Å². The van der Waals surface area contributed by atoms with Crippen molar-refractivity contribution in [3.63, 3.8) is 0 Å². The molecule has 0 spiro atoms. The second kappa shape index (κ2) is 11.0. The number of sulfone groups is 1. The van der Waals surface area contributed by atoms with Gasteiger partial charge in [-0.25, -0.2) is 13.1 Å². The number of carbonyl (C=O) groups is 1. The monoisotopic (exact) mass is 587 g/mol. The standard InChI is InChI=1S/C30H25N3O4S3/c34-29-27(39-30(38)33(29)25-15-16-40(35,36)20-25)17-23-18-32(24-9-5-2-6-10-24)31-28(23)22-11-13-26(14-12-22)37-19-21-7-3-1-4-8-21/h1-14,17-18,25H,15-16,19-20H2/b27-17+/t25-/m1/s1. The van der Waals surface area contributed by atoms with E-state index >= 15 is 0 Å². The lowest BCUT2D eigenvalue weighted by Crippen LogP contribution is -2.39. The minimum absolute atomic E-state index is 0.0530. The van der Waals surface area contributed by atoms with E-state index in [9.17, 15) is 13.2 Å². The molecule has 6 rings (SSSR count). The number of benzene rings is 3. The predicted octanol–water partition coefficient (Wildman–Crippen LogP) is 5.51. The first-order chi connectivity index (χ1) is 19.4. The van der Waals surface area contributed by atoms with Crippen molar-refractivity contribution in [2.24, 2.45) is 0 Å². The van der Waals surface area contributed by atoms with Crippen LogP contribution in [-0.2, 0) is 21.2 Å². The third-order valence-corrected chi connectivity index (χ3v) is 9.90. The van der Waals surface area contributed by atoms with E-state index in [4.69, 9.17) is 22.1 Å². The summed E-state index contributed by atoms with van der Waals surface area (Å²) in [4.78, 5) is 15.3. The number of thiocarbonyl (C=S) groups is 1. The third kappa shape index (κ3) is 5.60. The maximum absolute atomic E-state index is 13.4. The molecule has 2 aliphatic rings. The van der Waals surface area contributed by atoms with Crippen LogP contribution in [0.3, 0.4) is 0 Å². The highest BCUT2D eigenvalue weighted by molar-refractivity contribution is 8.26. The minimum Gasteiger partial charge on any atom is -0.489 e. The zero-order valence-corrected chi connectivity index (χ0v) is 23.8. The summed E-state index contributed by atoms with van der Waals surface area (Å²) in [5, 5.41) is 4.86. The Morgan fingerprint density at radius 2 is 1.70 bits per heavy atom. The summed E-state index contributed by atoms with van der Waals surface area (Å²) < 4.78 is 32.2. The molecule has 0 aliphatic carbocycles. The van der Waals surface area contributed by atoms with Gasteiger partial charge in [0.2, 0.25) is 0 Å². The van der Waals surface area contributed by atoms with Gasteiger partial charge in [-0.15, -0.1) is 0 Å². The van der Waals surface area contributed by atoms with E-state index < -0.39 is 15.9 Å². The number of para-hydroxylation sites is 1. The highest BCUT2D eigenvalue weighted by atomic mass is 32.2. The molecular weight excluding hydrogens is 563 g/mol. The summed E-state index contributed by atoms with van der Waals surface area (Å²) in [6, 6.07) is 27.0. The zero-order valence-electron chi connectivity index (χ0n) is 21.3. The summed E-state index contributed by atoms with van der Waals surface area (Å²) in [5.41, 5.74) is 4.29. The molecule has 0 unspecified atom stereocenters. The molecule has 7 nitrogen and oxygen atoms in total. The van der Waals surface area contributed by atoms with Crippen molar-refractivity contribution in [2.45, 2.75) is 19.1 Å². The van der Waals surface area contributed by atoms with Crippen LogP contribution in [0.1, 0.15) is 17.5 Å². The summed E-state index contributed by atoms with van der Waals surface area (Å²) >= 11 is 6.70. The van der Waals surface area contributed by atoms with Gasteiger partial charge in [0.1, 0.15) is 16.7 Å². The fourth-order valence-corrected chi connectivity index (χ4v) is 7.89. The number of ether oxygens (including phenoxy) is 1. The lowest BCUT2D eigenvalue weighted by Gasteiger charge is -2.20. The number of aromatic nitrogens is 2. The molecule has 40 heavy (non-hydrogen) atoms. The molecule has 0 bridgehead atoms. The van der Waals surface area contributed by atoms with E-state index in [0.717, 1.165) is 28.1 Å². The zero-order chi connectivity index (χ0) is 27.7. The molecule has 0 N–H and O–H groups in total. The molecule has 4 aromatic rings. The number of hydrogen-bond donors (Lipinski definition) is 0. The molecule has 3 heterocycles. The molecule has 2 saturated heterocycles. The first-order valence-electron chi connectivity index (χ1n) is 12.8. The Morgan fingerprint density at radius 1 is 1.00 bits per heavy atom. The Morgan fingerprint density at radius 3 is 2.38 bits per heavy atom. The summed E-state index contributed by atoms with van der Waals surface area (Å²) in [6.45, 7) is 0.470. The van der Waals surface area contributed by atoms with Gasteiger partial charge < -0.3 is 4.74 Å². The van der Waals surface area contributed by atoms with Gasteiger partial charge in [-0.05, 0) is 54.5 Å². The molecule has 3 aromatic carbocycles. The van der Waals surface area contributed by atoms with Crippen LogP contribution in [0.5, 0.6) is 5.75 Å².